The number of fused-ring (bicyclic) bond motifs is 1. The molecule has 0 aliphatic carbocycles. The lowest BCUT2D eigenvalue weighted by Gasteiger charge is -2.22. The Balaban J connectivity index is 2.05. The number of sulfonamides is 1. The Morgan fingerprint density at radius 2 is 1.81 bits per heavy atom. The molecule has 0 unspecified atom stereocenters. The van der Waals surface area contributed by atoms with Crippen molar-refractivity contribution in [3.63, 3.8) is 0 Å². The molecule has 13 nitrogen and oxygen atoms in total. The number of carbonyl (C=O) groups is 1. The lowest BCUT2D eigenvalue weighted by molar-refractivity contribution is -0.123. The summed E-state index contributed by atoms with van der Waals surface area (Å²) < 4.78 is 42.4. The summed E-state index contributed by atoms with van der Waals surface area (Å²) in [7, 11) is -1.11. The molecule has 1 amide bonds. The summed E-state index contributed by atoms with van der Waals surface area (Å²) in [6, 6.07) is 5.02. The van der Waals surface area contributed by atoms with Gasteiger partial charge in [0.05, 0.1) is 49.3 Å². The number of hydrogen-bond acceptors (Lipinski definition) is 9. The van der Waals surface area contributed by atoms with E-state index in [1.807, 2.05) is 13.8 Å². The van der Waals surface area contributed by atoms with E-state index in [-0.39, 0.29) is 39.1 Å². The van der Waals surface area contributed by atoms with Crippen LogP contribution >= 0.6 is 0 Å². The fraction of sp³-hybridized carbons (Fsp3) is 0.478. The number of H-pyrrole nitrogens is 1. The third kappa shape index (κ3) is 6.33. The van der Waals surface area contributed by atoms with Crippen molar-refractivity contribution in [1.29, 1.82) is 0 Å². The third-order valence-electron chi connectivity index (χ3n) is 5.50. The largest absolute Gasteiger partial charge is 0.382 e. The number of carbonyl (C=O) groups excluding carboxylic acids is 1. The molecule has 0 aliphatic heterocycles. The van der Waals surface area contributed by atoms with Crippen LogP contribution in [-0.4, -0.2) is 80.2 Å². The Hall–Kier alpha value is -3.33. The molecule has 0 radical (unpaired) electrons. The number of methoxy groups -OCH3 is 1. The van der Waals surface area contributed by atoms with Gasteiger partial charge in [-0.05, 0) is 29.7 Å². The van der Waals surface area contributed by atoms with Gasteiger partial charge in [-0.25, -0.2) is 13.2 Å². The molecule has 3 rings (SSSR count). The van der Waals surface area contributed by atoms with Crippen LogP contribution in [0, 0.1) is 0 Å². The third-order valence-corrected chi connectivity index (χ3v) is 6.50. The quantitative estimate of drug-likeness (QED) is 0.322. The predicted octanol–water partition coefficient (Wildman–Crippen LogP) is 0.318. The molecule has 0 aliphatic rings. The highest BCUT2D eigenvalue weighted by atomic mass is 32.2. The first kappa shape index (κ1) is 28.2. The first-order chi connectivity index (χ1) is 17.5. The predicted molar refractivity (Wildman–Crippen MR) is 137 cm³/mol. The summed E-state index contributed by atoms with van der Waals surface area (Å²) >= 11 is 0. The monoisotopic (exact) mass is 537 g/mol. The second-order valence-corrected chi connectivity index (χ2v) is 10.4. The van der Waals surface area contributed by atoms with E-state index in [2.05, 4.69) is 10.1 Å². The number of ether oxygens (including phenoxy) is 3. The molecule has 37 heavy (non-hydrogen) atoms. The molecule has 0 spiro atoms. The van der Waals surface area contributed by atoms with Gasteiger partial charge in [0.2, 0.25) is 0 Å². The lowest BCUT2D eigenvalue weighted by Crippen LogP contribution is -2.56. The number of aromatic nitrogens is 4. The van der Waals surface area contributed by atoms with Gasteiger partial charge in [0.15, 0.2) is 0 Å². The van der Waals surface area contributed by atoms with E-state index in [4.69, 9.17) is 14.2 Å². The van der Waals surface area contributed by atoms with Gasteiger partial charge in [-0.3, -0.25) is 14.3 Å². The number of nitrogens with one attached hydrogen (secondary N) is 1. The van der Waals surface area contributed by atoms with Crippen molar-refractivity contribution in [1.82, 2.24) is 19.4 Å². The number of amides is 1. The minimum Gasteiger partial charge on any atom is -0.382 e. The molecule has 2 aromatic heterocycles. The van der Waals surface area contributed by atoms with Crippen molar-refractivity contribution in [2.45, 2.75) is 19.8 Å². The van der Waals surface area contributed by atoms with Crippen LogP contribution in [0.25, 0.3) is 22.2 Å². The highest BCUT2D eigenvalue weighted by Gasteiger charge is 2.30. The molecule has 202 valence electrons. The number of benzene rings is 1. The first-order valence-electron chi connectivity index (χ1n) is 11.5. The Bertz CT molecular complexity index is 1490. The van der Waals surface area contributed by atoms with E-state index in [9.17, 15) is 22.8 Å². The summed E-state index contributed by atoms with van der Waals surface area (Å²) in [5, 5.41) is 4.20. The van der Waals surface area contributed by atoms with Gasteiger partial charge in [0.25, 0.3) is 21.5 Å². The Morgan fingerprint density at radius 3 is 2.41 bits per heavy atom. The molecule has 1 aromatic carbocycles. The number of hydrogen-bond donors (Lipinski definition) is 1. The van der Waals surface area contributed by atoms with E-state index in [0.29, 0.717) is 18.8 Å². The summed E-state index contributed by atoms with van der Waals surface area (Å²) in [4.78, 5) is 41.8. The molecule has 2 heterocycles. The highest BCUT2D eigenvalue weighted by Crippen LogP contribution is 2.31. The maximum atomic E-state index is 13.5. The van der Waals surface area contributed by atoms with Crippen LogP contribution < -0.4 is 15.7 Å². The van der Waals surface area contributed by atoms with Gasteiger partial charge in [-0.1, -0.05) is 13.8 Å². The SMILES string of the molecule is COCCOCCOCC(=O)N(n1c(=O)[nH]c2cc(C(C)C)c(-c3ccnn3C)cc2c1=O)S(C)(=O)=O. The van der Waals surface area contributed by atoms with Crippen molar-refractivity contribution in [2.24, 2.45) is 7.05 Å². The minimum absolute atomic E-state index is 0.0118. The summed E-state index contributed by atoms with van der Waals surface area (Å²) in [6.07, 6.45) is 2.33. The van der Waals surface area contributed by atoms with Crippen molar-refractivity contribution < 1.29 is 27.4 Å². The van der Waals surface area contributed by atoms with Gasteiger partial charge in [0.1, 0.15) is 6.61 Å². The highest BCUT2D eigenvalue weighted by molar-refractivity contribution is 7.92. The van der Waals surface area contributed by atoms with E-state index < -0.39 is 33.8 Å². The molecule has 3 aromatic rings. The van der Waals surface area contributed by atoms with Gasteiger partial charge >= 0.3 is 5.69 Å². The summed E-state index contributed by atoms with van der Waals surface area (Å²) in [5.74, 6) is -1.08. The van der Waals surface area contributed by atoms with Gasteiger partial charge < -0.3 is 19.2 Å². The average Bonchev–Trinajstić information content (AvgIpc) is 3.25. The minimum atomic E-state index is -4.38. The molecular formula is C23H31N5O8S. The maximum absolute atomic E-state index is 13.5. The molecule has 0 fully saturated rings. The van der Waals surface area contributed by atoms with Crippen LogP contribution in [0.15, 0.2) is 34.0 Å². The first-order valence-corrected chi connectivity index (χ1v) is 13.3. The second kappa shape index (κ2) is 11.8. The van der Waals surface area contributed by atoms with Gasteiger partial charge in [-0.2, -0.15) is 5.10 Å². The molecule has 0 bridgehead atoms. The molecule has 0 saturated heterocycles. The number of aryl methyl sites for hydroxylation is 1. The van der Waals surface area contributed by atoms with Crippen LogP contribution in [0.3, 0.4) is 0 Å². The lowest BCUT2D eigenvalue weighted by atomic mass is 9.93. The standard InChI is InChI=1S/C23H31N5O8S/c1-15(2)16-13-19-18(12-17(16)20-6-7-24-26(20)3)22(30)27(23(31)25-19)28(37(5,32)33)21(29)14-36-11-10-35-9-8-34-4/h6-7,12-13,15H,8-11,14H2,1-5H3,(H,25,31). The van der Waals surface area contributed by atoms with Crippen LogP contribution in [0.5, 0.6) is 0 Å². The summed E-state index contributed by atoms with van der Waals surface area (Å²) in [6.45, 7) is 4.07. The zero-order chi connectivity index (χ0) is 27.3. The number of aromatic amines is 1. The van der Waals surface area contributed by atoms with E-state index >= 15 is 0 Å². The van der Waals surface area contributed by atoms with Gasteiger partial charge in [-0.15, -0.1) is 9.09 Å². The van der Waals surface area contributed by atoms with E-state index in [1.165, 1.54) is 7.11 Å². The van der Waals surface area contributed by atoms with Crippen LogP contribution in [0.1, 0.15) is 25.3 Å². The van der Waals surface area contributed by atoms with E-state index in [0.717, 1.165) is 17.5 Å². The smallest absolute Gasteiger partial charge is 0.349 e. The molecule has 0 atom stereocenters. The second-order valence-electron chi connectivity index (χ2n) is 8.58. The fourth-order valence-corrected chi connectivity index (χ4v) is 4.66. The number of nitrogens with zero attached hydrogens (tertiary/aromatic N) is 4. The fourth-order valence-electron chi connectivity index (χ4n) is 3.80. The molecule has 0 saturated carbocycles. The maximum Gasteiger partial charge on any atom is 0.349 e. The van der Waals surface area contributed by atoms with Crippen molar-refractivity contribution in [3.05, 3.63) is 50.8 Å². The van der Waals surface area contributed by atoms with Crippen LogP contribution in [0.4, 0.5) is 0 Å². The van der Waals surface area contributed by atoms with Crippen molar-refractivity contribution in [2.75, 3.05) is 50.8 Å². The molecule has 1 N–H and O–H groups in total. The van der Waals surface area contributed by atoms with Crippen molar-refractivity contribution >= 4 is 26.8 Å². The Labute approximate surface area is 213 Å². The molecule has 14 heteroatoms. The van der Waals surface area contributed by atoms with Crippen LogP contribution in [0.2, 0.25) is 0 Å². The average molecular weight is 538 g/mol. The van der Waals surface area contributed by atoms with Crippen LogP contribution in [-0.2, 0) is 36.1 Å². The zero-order valence-electron chi connectivity index (χ0n) is 21.4. The topological polar surface area (TPSA) is 155 Å². The van der Waals surface area contributed by atoms with Crippen molar-refractivity contribution in [3.8, 4) is 11.3 Å². The number of rotatable bonds is 12. The summed E-state index contributed by atoms with van der Waals surface area (Å²) in [5.41, 5.74) is 0.417. The Morgan fingerprint density at radius 1 is 1.14 bits per heavy atom. The van der Waals surface area contributed by atoms with Gasteiger partial charge in [0, 0.05) is 25.9 Å². The molecular weight excluding hydrogens is 506 g/mol. The Kier molecular flexibility index (Phi) is 9.02. The van der Waals surface area contributed by atoms with E-state index in [1.54, 1.807) is 36.1 Å². The normalized spacial score (nSPS) is 11.9. The zero-order valence-corrected chi connectivity index (χ0v) is 22.2.